The van der Waals surface area contributed by atoms with Gasteiger partial charge in [-0.1, -0.05) is 30.3 Å². The number of anilines is 1. The van der Waals surface area contributed by atoms with E-state index in [0.717, 1.165) is 16.9 Å². The predicted octanol–water partition coefficient (Wildman–Crippen LogP) is 4.47. The fourth-order valence-electron chi connectivity index (χ4n) is 2.41. The Balaban J connectivity index is 1.68. The van der Waals surface area contributed by atoms with Crippen molar-refractivity contribution in [3.63, 3.8) is 0 Å². The minimum Gasteiger partial charge on any atom is -0.490 e. The Morgan fingerprint density at radius 1 is 1.14 bits per heavy atom. The van der Waals surface area contributed by atoms with Gasteiger partial charge in [0.2, 0.25) is 11.8 Å². The highest BCUT2D eigenvalue weighted by Crippen LogP contribution is 2.23. The highest BCUT2D eigenvalue weighted by Gasteiger charge is 2.08. The van der Waals surface area contributed by atoms with Crippen molar-refractivity contribution in [2.75, 3.05) is 11.9 Å². The zero-order chi connectivity index (χ0) is 21.1. The Morgan fingerprint density at radius 3 is 2.59 bits per heavy atom. The molecule has 0 aliphatic heterocycles. The van der Waals surface area contributed by atoms with Gasteiger partial charge >= 0.3 is 0 Å². The average Bonchev–Trinajstić information content (AvgIpc) is 2.71. The van der Waals surface area contributed by atoms with Crippen molar-refractivity contribution in [2.24, 2.45) is 5.10 Å². The lowest BCUT2D eigenvalue weighted by molar-refractivity contribution is -0.121. The zero-order valence-corrected chi connectivity index (χ0v) is 17.0. The molecule has 0 unspecified atom stereocenters. The molecular formula is C22H24ClN3O3. The molecule has 6 nitrogen and oxygen atoms in total. The van der Waals surface area contributed by atoms with Gasteiger partial charge in [0.1, 0.15) is 12.4 Å². The van der Waals surface area contributed by atoms with Crippen molar-refractivity contribution in [3.05, 3.63) is 71.3 Å². The van der Waals surface area contributed by atoms with Crippen LogP contribution in [-0.2, 0) is 9.59 Å². The van der Waals surface area contributed by atoms with Crippen LogP contribution in [0.1, 0.15) is 30.4 Å². The Labute approximate surface area is 175 Å². The first-order valence-electron chi connectivity index (χ1n) is 9.20. The number of benzene rings is 2. The van der Waals surface area contributed by atoms with Crippen LogP contribution in [0.25, 0.3) is 0 Å². The number of halogens is 1. The summed E-state index contributed by atoms with van der Waals surface area (Å²) in [5, 5.41) is 7.33. The lowest BCUT2D eigenvalue weighted by atomic mass is 10.2. The molecule has 0 aliphatic carbocycles. The fourth-order valence-corrected chi connectivity index (χ4v) is 2.58. The van der Waals surface area contributed by atoms with E-state index in [1.54, 1.807) is 30.5 Å². The highest BCUT2D eigenvalue weighted by molar-refractivity contribution is 6.31. The average molecular weight is 414 g/mol. The van der Waals surface area contributed by atoms with Gasteiger partial charge in [-0.05, 0) is 60.9 Å². The van der Waals surface area contributed by atoms with Crippen molar-refractivity contribution < 1.29 is 14.3 Å². The number of carbonyl (C=O) groups is 2. The van der Waals surface area contributed by atoms with Gasteiger partial charge in [-0.25, -0.2) is 5.43 Å². The number of nitrogens with zero attached hydrogens (tertiary/aromatic N) is 1. The number of hydrogen-bond donors (Lipinski definition) is 2. The quantitative estimate of drug-likeness (QED) is 0.342. The van der Waals surface area contributed by atoms with Crippen LogP contribution >= 0.6 is 11.6 Å². The Hall–Kier alpha value is -3.12. The van der Waals surface area contributed by atoms with E-state index in [0.29, 0.717) is 23.7 Å². The number of carbonyl (C=O) groups excluding carboxylic acids is 2. The smallest absolute Gasteiger partial charge is 0.240 e. The van der Waals surface area contributed by atoms with Crippen LogP contribution in [0.4, 0.5) is 5.69 Å². The van der Waals surface area contributed by atoms with Crippen LogP contribution in [0, 0.1) is 6.92 Å². The van der Waals surface area contributed by atoms with E-state index in [-0.39, 0.29) is 24.7 Å². The summed E-state index contributed by atoms with van der Waals surface area (Å²) in [6.45, 7) is 5.88. The maximum atomic E-state index is 12.0. The summed E-state index contributed by atoms with van der Waals surface area (Å²) in [4.78, 5) is 23.9. The van der Waals surface area contributed by atoms with E-state index in [2.05, 4.69) is 22.4 Å². The van der Waals surface area contributed by atoms with E-state index in [1.807, 2.05) is 31.2 Å². The van der Waals surface area contributed by atoms with Crippen molar-refractivity contribution in [2.45, 2.75) is 26.2 Å². The topological polar surface area (TPSA) is 79.8 Å². The Morgan fingerprint density at radius 2 is 1.86 bits per heavy atom. The molecule has 0 aromatic heterocycles. The summed E-state index contributed by atoms with van der Waals surface area (Å²) in [6.07, 6.45) is 4.07. The van der Waals surface area contributed by atoms with Gasteiger partial charge in [-0.3, -0.25) is 9.59 Å². The molecule has 0 bridgehead atoms. The number of rotatable bonds is 10. The van der Waals surface area contributed by atoms with Gasteiger partial charge in [-0.15, -0.1) is 0 Å². The molecule has 0 fully saturated rings. The monoisotopic (exact) mass is 413 g/mol. The second kappa shape index (κ2) is 11.7. The molecular weight excluding hydrogens is 390 g/mol. The Kier molecular flexibility index (Phi) is 8.92. The van der Waals surface area contributed by atoms with E-state index in [1.165, 1.54) is 0 Å². The molecule has 0 saturated heterocycles. The van der Waals surface area contributed by atoms with Gasteiger partial charge in [0.25, 0.3) is 0 Å². The van der Waals surface area contributed by atoms with E-state index >= 15 is 0 Å². The number of hydrazone groups is 1. The van der Waals surface area contributed by atoms with Gasteiger partial charge in [-0.2, -0.15) is 5.10 Å². The van der Waals surface area contributed by atoms with Crippen molar-refractivity contribution in [1.82, 2.24) is 5.43 Å². The predicted molar refractivity (Wildman–Crippen MR) is 117 cm³/mol. The van der Waals surface area contributed by atoms with E-state index < -0.39 is 0 Å². The summed E-state index contributed by atoms with van der Waals surface area (Å²) in [5.74, 6) is 0.321. The van der Waals surface area contributed by atoms with Gasteiger partial charge in [0, 0.05) is 23.6 Å². The van der Waals surface area contributed by atoms with E-state index in [4.69, 9.17) is 16.3 Å². The van der Waals surface area contributed by atoms with Crippen LogP contribution in [0.5, 0.6) is 5.75 Å². The molecule has 2 aromatic rings. The summed E-state index contributed by atoms with van der Waals surface area (Å²) >= 11 is 6.04. The molecule has 152 valence electrons. The number of nitrogens with one attached hydrogen (secondary N) is 2. The Bertz CT molecular complexity index is 879. The third kappa shape index (κ3) is 7.79. The van der Waals surface area contributed by atoms with Gasteiger partial charge in [0.15, 0.2) is 0 Å². The molecule has 2 N–H and O–H groups in total. The molecule has 0 heterocycles. The van der Waals surface area contributed by atoms with Crippen molar-refractivity contribution in [1.29, 1.82) is 0 Å². The molecule has 2 amide bonds. The largest absolute Gasteiger partial charge is 0.490 e. The minimum absolute atomic E-state index is 0.162. The second-order valence-corrected chi connectivity index (χ2v) is 6.68. The lowest BCUT2D eigenvalue weighted by Gasteiger charge is -2.09. The van der Waals surface area contributed by atoms with Crippen molar-refractivity contribution >= 4 is 35.3 Å². The molecule has 0 saturated carbocycles. The first kappa shape index (κ1) is 22.2. The molecule has 0 spiro atoms. The lowest BCUT2D eigenvalue weighted by Crippen LogP contribution is -2.18. The summed E-state index contributed by atoms with van der Waals surface area (Å²) in [6, 6.07) is 12.6. The third-order valence-electron chi connectivity index (χ3n) is 4.00. The SMILES string of the molecule is C=CCOc1ccc(/C=N\NC(=O)CCCC(=O)Nc2cccc(Cl)c2C)cc1. The summed E-state index contributed by atoms with van der Waals surface area (Å²) in [7, 11) is 0. The van der Waals surface area contributed by atoms with Crippen LogP contribution in [-0.4, -0.2) is 24.6 Å². The third-order valence-corrected chi connectivity index (χ3v) is 4.41. The van der Waals surface area contributed by atoms with Crippen LogP contribution < -0.4 is 15.5 Å². The standard InChI is InChI=1S/C22H24ClN3O3/c1-3-14-29-18-12-10-17(11-13-18)15-24-26-22(28)9-5-8-21(27)25-20-7-4-6-19(23)16(20)2/h3-4,6-7,10-13,15H,1,5,8-9,14H2,2H3,(H,25,27)(H,26,28)/b24-15-. The van der Waals surface area contributed by atoms with Gasteiger partial charge in [0.05, 0.1) is 6.21 Å². The maximum Gasteiger partial charge on any atom is 0.240 e. The molecule has 2 aromatic carbocycles. The first-order valence-corrected chi connectivity index (χ1v) is 9.58. The highest BCUT2D eigenvalue weighted by atomic mass is 35.5. The normalized spacial score (nSPS) is 10.6. The zero-order valence-electron chi connectivity index (χ0n) is 16.3. The maximum absolute atomic E-state index is 12.0. The minimum atomic E-state index is -0.251. The van der Waals surface area contributed by atoms with Gasteiger partial charge < -0.3 is 10.1 Å². The number of amides is 2. The molecule has 0 aliphatic rings. The van der Waals surface area contributed by atoms with Crippen LogP contribution in [0.3, 0.4) is 0 Å². The van der Waals surface area contributed by atoms with Crippen LogP contribution in [0.2, 0.25) is 5.02 Å². The molecule has 2 rings (SSSR count). The number of ether oxygens (including phenoxy) is 1. The summed E-state index contributed by atoms with van der Waals surface area (Å²) in [5.41, 5.74) is 4.78. The van der Waals surface area contributed by atoms with E-state index in [9.17, 15) is 9.59 Å². The number of hydrogen-bond acceptors (Lipinski definition) is 4. The first-order chi connectivity index (χ1) is 14.0. The van der Waals surface area contributed by atoms with Crippen molar-refractivity contribution in [3.8, 4) is 5.75 Å². The fraction of sp³-hybridized carbons (Fsp3) is 0.227. The molecule has 29 heavy (non-hydrogen) atoms. The van der Waals surface area contributed by atoms with Crippen LogP contribution in [0.15, 0.2) is 60.2 Å². The molecule has 7 heteroatoms. The molecule has 0 atom stereocenters. The summed E-state index contributed by atoms with van der Waals surface area (Å²) < 4.78 is 5.39. The second-order valence-electron chi connectivity index (χ2n) is 6.28. The molecule has 0 radical (unpaired) electrons.